The van der Waals surface area contributed by atoms with Gasteiger partial charge in [0.05, 0.1) is 11.1 Å². The van der Waals surface area contributed by atoms with Crippen LogP contribution in [0.4, 0.5) is 26.3 Å². The van der Waals surface area contributed by atoms with Crippen LogP contribution in [0.25, 0.3) is 0 Å². The molecule has 0 spiro atoms. The van der Waals surface area contributed by atoms with E-state index in [1.807, 2.05) is 13.8 Å². The molecule has 0 unspecified atom stereocenters. The number of hydrogen-bond donors (Lipinski definition) is 0. The van der Waals surface area contributed by atoms with Crippen molar-refractivity contribution in [1.29, 1.82) is 0 Å². The molecule has 0 heterocycles. The Hall–Kier alpha value is -1.49. The summed E-state index contributed by atoms with van der Waals surface area (Å²) in [5.74, 6) is -0.992. The summed E-state index contributed by atoms with van der Waals surface area (Å²) < 4.78 is 80.1. The van der Waals surface area contributed by atoms with Crippen LogP contribution in [0, 0.1) is 0 Å². The molecule has 0 radical (unpaired) electrons. The van der Waals surface area contributed by atoms with Crippen LogP contribution in [0.3, 0.4) is 0 Å². The molecular weight excluding hydrogens is 438 g/mol. The van der Waals surface area contributed by atoms with Crippen LogP contribution in [0.15, 0.2) is 18.2 Å². The second-order valence-electron chi connectivity index (χ2n) is 7.09. The van der Waals surface area contributed by atoms with Crippen molar-refractivity contribution in [3.05, 3.63) is 34.9 Å². The fourth-order valence-electron chi connectivity index (χ4n) is 2.30. The van der Waals surface area contributed by atoms with Gasteiger partial charge in [-0.25, -0.2) is 0 Å². The Morgan fingerprint density at radius 3 is 1.66 bits per heavy atom. The first kappa shape index (κ1) is 25.5. The van der Waals surface area contributed by atoms with Crippen LogP contribution in [0.1, 0.15) is 56.1 Å². The topological polar surface area (TPSA) is 23.6 Å². The highest BCUT2D eigenvalue weighted by molar-refractivity contribution is 8.21. The maximum absolute atomic E-state index is 13.1. The van der Waals surface area contributed by atoms with Crippen LogP contribution < -0.4 is 0 Å². The van der Waals surface area contributed by atoms with Gasteiger partial charge in [-0.15, -0.1) is 0 Å². The van der Waals surface area contributed by atoms with Gasteiger partial charge in [0.25, 0.3) is 5.91 Å². The third-order valence-electron chi connectivity index (χ3n) is 3.82. The molecule has 1 aromatic carbocycles. The number of hydrogen-bond acceptors (Lipinski definition) is 3. The zero-order chi connectivity index (χ0) is 22.8. The van der Waals surface area contributed by atoms with Crippen LogP contribution in [-0.4, -0.2) is 38.1 Å². The van der Waals surface area contributed by atoms with Crippen LogP contribution in [-0.2, 0) is 12.4 Å². The standard InChI is InChI=1S/C18H22F6N2OS2/c1-6-25(7-2)15(28)29-26(16(3,4)5)14(27)11-8-12(17(19,20)21)10-13(9-11)18(22,23)24/h8-10H,6-7H2,1-5H3. The molecule has 1 rings (SSSR count). The van der Waals surface area contributed by atoms with Crippen molar-refractivity contribution in [2.24, 2.45) is 0 Å². The van der Waals surface area contributed by atoms with E-state index in [0.29, 0.717) is 29.5 Å². The first-order chi connectivity index (χ1) is 13.0. The van der Waals surface area contributed by atoms with Crippen molar-refractivity contribution in [3.63, 3.8) is 0 Å². The second kappa shape index (κ2) is 9.11. The van der Waals surface area contributed by atoms with Gasteiger partial charge >= 0.3 is 12.4 Å². The third-order valence-corrected chi connectivity index (χ3v) is 5.61. The van der Waals surface area contributed by atoms with Gasteiger partial charge < -0.3 is 4.90 Å². The van der Waals surface area contributed by atoms with E-state index >= 15 is 0 Å². The fourth-order valence-corrected chi connectivity index (χ4v) is 3.77. The summed E-state index contributed by atoms with van der Waals surface area (Å²) in [6.07, 6.45) is -10.1. The number of amides is 1. The zero-order valence-electron chi connectivity index (χ0n) is 16.5. The summed E-state index contributed by atoms with van der Waals surface area (Å²) in [4.78, 5) is 14.7. The summed E-state index contributed by atoms with van der Waals surface area (Å²) in [5, 5.41) is 0. The molecule has 0 aromatic heterocycles. The molecule has 0 aliphatic carbocycles. The molecule has 1 amide bonds. The molecule has 0 N–H and O–H groups in total. The van der Waals surface area contributed by atoms with E-state index in [1.54, 1.807) is 25.7 Å². The van der Waals surface area contributed by atoms with E-state index in [-0.39, 0.29) is 6.07 Å². The minimum Gasteiger partial charge on any atom is -0.357 e. The SMILES string of the molecule is CCN(CC)C(=S)SN(C(=O)c1cc(C(F)(F)F)cc(C(F)(F)F)c1)C(C)(C)C. The highest BCUT2D eigenvalue weighted by Gasteiger charge is 2.39. The van der Waals surface area contributed by atoms with Crippen LogP contribution in [0.2, 0.25) is 0 Å². The summed E-state index contributed by atoms with van der Waals surface area (Å²) >= 11 is 6.11. The molecule has 11 heteroatoms. The Morgan fingerprint density at radius 1 is 0.931 bits per heavy atom. The van der Waals surface area contributed by atoms with Gasteiger partial charge in [0, 0.05) is 36.1 Å². The Labute approximate surface area is 175 Å². The number of rotatable bonds is 3. The quantitative estimate of drug-likeness (QED) is 0.303. The van der Waals surface area contributed by atoms with Gasteiger partial charge in [-0.05, 0) is 52.8 Å². The number of benzene rings is 1. The van der Waals surface area contributed by atoms with E-state index < -0.39 is 40.5 Å². The average Bonchev–Trinajstić information content (AvgIpc) is 2.57. The highest BCUT2D eigenvalue weighted by atomic mass is 32.2. The Balaban J connectivity index is 3.48. The molecule has 0 bridgehead atoms. The number of thiocarbonyl (C=S) groups is 1. The predicted molar refractivity (Wildman–Crippen MR) is 105 cm³/mol. The number of halogens is 6. The molecule has 1 aromatic rings. The largest absolute Gasteiger partial charge is 0.416 e. The lowest BCUT2D eigenvalue weighted by atomic mass is 10.0. The zero-order valence-corrected chi connectivity index (χ0v) is 18.2. The summed E-state index contributed by atoms with van der Waals surface area (Å²) in [6, 6.07) is 0.848. The summed E-state index contributed by atoms with van der Waals surface area (Å²) in [5.41, 5.74) is -4.72. The van der Waals surface area contributed by atoms with Crippen molar-refractivity contribution < 1.29 is 31.1 Å². The number of nitrogens with zero attached hydrogens (tertiary/aromatic N) is 2. The average molecular weight is 461 g/mol. The predicted octanol–water partition coefficient (Wildman–Crippen LogP) is 6.24. The third kappa shape index (κ3) is 6.77. The highest BCUT2D eigenvalue weighted by Crippen LogP contribution is 2.37. The molecule has 0 aliphatic heterocycles. The van der Waals surface area contributed by atoms with E-state index in [4.69, 9.17) is 12.2 Å². The van der Waals surface area contributed by atoms with Crippen molar-refractivity contribution in [2.75, 3.05) is 13.1 Å². The molecule has 0 aliphatic rings. The normalized spacial score (nSPS) is 12.7. The number of carbonyl (C=O) groups excluding carboxylic acids is 1. The van der Waals surface area contributed by atoms with Crippen LogP contribution >= 0.6 is 24.2 Å². The maximum Gasteiger partial charge on any atom is 0.416 e. The van der Waals surface area contributed by atoms with Gasteiger partial charge in [0.1, 0.15) is 0 Å². The van der Waals surface area contributed by atoms with Gasteiger partial charge in [-0.1, -0.05) is 12.2 Å². The fraction of sp³-hybridized carbons (Fsp3) is 0.556. The smallest absolute Gasteiger partial charge is 0.357 e. The summed E-state index contributed by atoms with van der Waals surface area (Å²) in [7, 11) is 0. The first-order valence-electron chi connectivity index (χ1n) is 8.63. The molecule has 3 nitrogen and oxygen atoms in total. The molecule has 0 fully saturated rings. The summed E-state index contributed by atoms with van der Waals surface area (Å²) in [6.45, 7) is 9.58. The van der Waals surface area contributed by atoms with Crippen molar-refractivity contribution in [3.8, 4) is 0 Å². The van der Waals surface area contributed by atoms with Crippen molar-refractivity contribution >= 4 is 34.4 Å². The molecule has 29 heavy (non-hydrogen) atoms. The lowest BCUT2D eigenvalue weighted by Crippen LogP contribution is -2.43. The van der Waals surface area contributed by atoms with Gasteiger partial charge in [0.2, 0.25) is 0 Å². The van der Waals surface area contributed by atoms with Gasteiger partial charge in [0.15, 0.2) is 4.32 Å². The molecule has 0 atom stereocenters. The number of alkyl halides is 6. The molecule has 0 saturated heterocycles. The Kier molecular flexibility index (Phi) is 8.03. The first-order valence-corrected chi connectivity index (χ1v) is 9.81. The van der Waals surface area contributed by atoms with E-state index in [1.165, 1.54) is 0 Å². The lowest BCUT2D eigenvalue weighted by Gasteiger charge is -2.36. The van der Waals surface area contributed by atoms with Gasteiger partial charge in [-0.2, -0.15) is 26.3 Å². The minimum absolute atomic E-state index is 0.00805. The number of carbonyl (C=O) groups is 1. The van der Waals surface area contributed by atoms with Gasteiger partial charge in [-0.3, -0.25) is 9.10 Å². The Bertz CT molecular complexity index is 720. The monoisotopic (exact) mass is 460 g/mol. The lowest BCUT2D eigenvalue weighted by molar-refractivity contribution is -0.143. The van der Waals surface area contributed by atoms with E-state index in [2.05, 4.69) is 0 Å². The maximum atomic E-state index is 13.1. The minimum atomic E-state index is -5.04. The van der Waals surface area contributed by atoms with Crippen molar-refractivity contribution in [1.82, 2.24) is 9.21 Å². The molecule has 0 saturated carbocycles. The van der Waals surface area contributed by atoms with Crippen molar-refractivity contribution in [2.45, 2.75) is 52.5 Å². The molecular formula is C18H22F6N2OS2. The van der Waals surface area contributed by atoms with E-state index in [0.717, 1.165) is 16.3 Å². The van der Waals surface area contributed by atoms with Crippen LogP contribution in [0.5, 0.6) is 0 Å². The molecule has 164 valence electrons. The Morgan fingerprint density at radius 2 is 1.34 bits per heavy atom. The second-order valence-corrected chi connectivity index (χ2v) is 8.67. The van der Waals surface area contributed by atoms with E-state index in [9.17, 15) is 31.1 Å².